The van der Waals surface area contributed by atoms with Crippen LogP contribution >= 0.6 is 15.9 Å². The fraction of sp³-hybridized carbons (Fsp3) is 0.222. The third-order valence-electron chi connectivity index (χ3n) is 1.66. The maximum absolute atomic E-state index is 11.1. The van der Waals surface area contributed by atoms with Crippen LogP contribution in [0.1, 0.15) is 6.92 Å². The van der Waals surface area contributed by atoms with Gasteiger partial charge in [0.25, 0.3) is 5.69 Å². The van der Waals surface area contributed by atoms with Gasteiger partial charge in [0, 0.05) is 6.07 Å². The van der Waals surface area contributed by atoms with E-state index in [0.29, 0.717) is 10.2 Å². The van der Waals surface area contributed by atoms with Crippen molar-refractivity contribution in [2.24, 2.45) is 0 Å². The van der Waals surface area contributed by atoms with Crippen LogP contribution < -0.4 is 5.32 Å². The standard InChI is InChI=1S/C9H9BrN2O4/c1-2-16-9(13)11-6-3-4-7(10)8(5-6)12(14)15/h3-5H,2H2,1H3,(H,11,13). The van der Waals surface area contributed by atoms with Gasteiger partial charge in [-0.3, -0.25) is 15.4 Å². The van der Waals surface area contributed by atoms with E-state index in [1.165, 1.54) is 18.2 Å². The number of benzene rings is 1. The number of nitrogens with zero attached hydrogens (tertiary/aromatic N) is 1. The molecule has 0 heterocycles. The van der Waals surface area contributed by atoms with Gasteiger partial charge >= 0.3 is 6.09 Å². The first-order chi connectivity index (χ1) is 7.54. The average molecular weight is 289 g/mol. The highest BCUT2D eigenvalue weighted by Gasteiger charge is 2.13. The molecule has 1 N–H and O–H groups in total. The van der Waals surface area contributed by atoms with E-state index in [1.807, 2.05) is 0 Å². The lowest BCUT2D eigenvalue weighted by Gasteiger charge is -2.05. The zero-order valence-corrected chi connectivity index (χ0v) is 9.98. The van der Waals surface area contributed by atoms with Gasteiger partial charge in [0.2, 0.25) is 0 Å². The normalized spacial score (nSPS) is 9.62. The van der Waals surface area contributed by atoms with Crippen LogP contribution in [0.15, 0.2) is 22.7 Å². The number of nitro benzene ring substituents is 1. The minimum Gasteiger partial charge on any atom is -0.450 e. The van der Waals surface area contributed by atoms with Crippen LogP contribution in [-0.2, 0) is 4.74 Å². The number of amides is 1. The van der Waals surface area contributed by atoms with Crippen molar-refractivity contribution >= 4 is 33.4 Å². The Kier molecular flexibility index (Phi) is 4.24. The first kappa shape index (κ1) is 12.4. The van der Waals surface area contributed by atoms with Gasteiger partial charge in [0.15, 0.2) is 0 Å². The summed E-state index contributed by atoms with van der Waals surface area (Å²) in [7, 11) is 0. The quantitative estimate of drug-likeness (QED) is 0.685. The molecule has 0 aliphatic carbocycles. The average Bonchev–Trinajstić information content (AvgIpc) is 2.21. The Morgan fingerprint density at radius 1 is 1.62 bits per heavy atom. The molecule has 1 amide bonds. The summed E-state index contributed by atoms with van der Waals surface area (Å²) in [5, 5.41) is 13.0. The SMILES string of the molecule is CCOC(=O)Nc1ccc(Br)c([N+](=O)[O-])c1. The van der Waals surface area contributed by atoms with Crippen molar-refractivity contribution in [1.29, 1.82) is 0 Å². The van der Waals surface area contributed by atoms with Gasteiger partial charge in [-0.2, -0.15) is 0 Å². The lowest BCUT2D eigenvalue weighted by Crippen LogP contribution is -2.13. The molecule has 0 fully saturated rings. The van der Waals surface area contributed by atoms with Crippen molar-refractivity contribution in [2.75, 3.05) is 11.9 Å². The Morgan fingerprint density at radius 3 is 2.88 bits per heavy atom. The maximum Gasteiger partial charge on any atom is 0.411 e. The molecular formula is C9H9BrN2O4. The Balaban J connectivity index is 2.87. The van der Waals surface area contributed by atoms with Gasteiger partial charge in [-0.1, -0.05) is 0 Å². The van der Waals surface area contributed by atoms with E-state index in [0.717, 1.165) is 0 Å². The van der Waals surface area contributed by atoms with Gasteiger partial charge in [-0.15, -0.1) is 0 Å². The number of hydrogen-bond donors (Lipinski definition) is 1. The van der Waals surface area contributed by atoms with Crippen LogP contribution in [0, 0.1) is 10.1 Å². The van der Waals surface area contributed by atoms with E-state index < -0.39 is 11.0 Å². The molecule has 0 aliphatic heterocycles. The lowest BCUT2D eigenvalue weighted by atomic mass is 10.3. The summed E-state index contributed by atoms with van der Waals surface area (Å²) in [4.78, 5) is 21.1. The molecule has 86 valence electrons. The topological polar surface area (TPSA) is 81.5 Å². The number of rotatable bonds is 3. The zero-order chi connectivity index (χ0) is 12.1. The summed E-state index contributed by atoms with van der Waals surface area (Å²) in [6.45, 7) is 1.91. The summed E-state index contributed by atoms with van der Waals surface area (Å²) in [6, 6.07) is 4.27. The molecule has 0 radical (unpaired) electrons. The van der Waals surface area contributed by atoms with Crippen molar-refractivity contribution in [2.45, 2.75) is 6.92 Å². The number of ether oxygens (including phenoxy) is 1. The van der Waals surface area contributed by atoms with Crippen LogP contribution in [0.4, 0.5) is 16.2 Å². The Hall–Kier alpha value is -1.63. The highest BCUT2D eigenvalue weighted by Crippen LogP contribution is 2.27. The van der Waals surface area contributed by atoms with Gasteiger partial charge < -0.3 is 4.74 Å². The van der Waals surface area contributed by atoms with Gasteiger partial charge in [-0.25, -0.2) is 4.79 Å². The van der Waals surface area contributed by atoms with E-state index >= 15 is 0 Å². The summed E-state index contributed by atoms with van der Waals surface area (Å²) in [5.74, 6) is 0. The number of nitro groups is 1. The van der Waals surface area contributed by atoms with Crippen molar-refractivity contribution in [1.82, 2.24) is 0 Å². The first-order valence-electron chi connectivity index (χ1n) is 4.42. The van der Waals surface area contributed by atoms with E-state index in [4.69, 9.17) is 0 Å². The molecule has 0 aromatic heterocycles. The second-order valence-electron chi connectivity index (χ2n) is 2.77. The molecule has 0 atom stereocenters. The summed E-state index contributed by atoms with van der Waals surface area (Å²) >= 11 is 3.04. The molecule has 0 spiro atoms. The monoisotopic (exact) mass is 288 g/mol. The number of anilines is 1. The van der Waals surface area contributed by atoms with Crippen molar-refractivity contribution in [3.8, 4) is 0 Å². The van der Waals surface area contributed by atoms with Crippen molar-refractivity contribution in [3.05, 3.63) is 32.8 Å². The molecule has 16 heavy (non-hydrogen) atoms. The number of carbonyl (C=O) groups excluding carboxylic acids is 1. The van der Waals surface area contributed by atoms with E-state index in [1.54, 1.807) is 6.92 Å². The summed E-state index contributed by atoms with van der Waals surface area (Å²) < 4.78 is 5.00. The van der Waals surface area contributed by atoms with E-state index in [2.05, 4.69) is 26.0 Å². The van der Waals surface area contributed by atoms with Crippen LogP contribution in [0.5, 0.6) is 0 Å². The van der Waals surface area contributed by atoms with E-state index in [-0.39, 0.29) is 12.3 Å². The zero-order valence-electron chi connectivity index (χ0n) is 8.40. The Morgan fingerprint density at radius 2 is 2.31 bits per heavy atom. The number of halogens is 1. The molecule has 0 saturated heterocycles. The highest BCUT2D eigenvalue weighted by molar-refractivity contribution is 9.10. The smallest absolute Gasteiger partial charge is 0.411 e. The van der Waals surface area contributed by atoms with Gasteiger partial charge in [0.05, 0.1) is 21.7 Å². The summed E-state index contributed by atoms with van der Waals surface area (Å²) in [6.07, 6.45) is -0.640. The predicted octanol–water partition coefficient (Wildman–Crippen LogP) is 2.93. The third-order valence-corrected chi connectivity index (χ3v) is 2.34. The van der Waals surface area contributed by atoms with Crippen LogP contribution in [0.2, 0.25) is 0 Å². The molecule has 0 bridgehead atoms. The van der Waals surface area contributed by atoms with E-state index in [9.17, 15) is 14.9 Å². The van der Waals surface area contributed by atoms with Gasteiger partial charge in [0.1, 0.15) is 0 Å². The summed E-state index contributed by atoms with van der Waals surface area (Å²) in [5.41, 5.74) is 0.197. The number of carbonyl (C=O) groups is 1. The second-order valence-corrected chi connectivity index (χ2v) is 3.62. The molecule has 0 unspecified atom stereocenters. The number of hydrogen-bond acceptors (Lipinski definition) is 4. The minimum atomic E-state index is -0.640. The van der Waals surface area contributed by atoms with Crippen molar-refractivity contribution in [3.63, 3.8) is 0 Å². The molecule has 6 nitrogen and oxygen atoms in total. The number of nitrogens with one attached hydrogen (secondary N) is 1. The molecule has 0 saturated carbocycles. The predicted molar refractivity (Wildman–Crippen MR) is 61.4 cm³/mol. The lowest BCUT2D eigenvalue weighted by molar-refractivity contribution is -0.385. The fourth-order valence-corrected chi connectivity index (χ4v) is 1.41. The third kappa shape index (κ3) is 3.20. The van der Waals surface area contributed by atoms with Gasteiger partial charge in [-0.05, 0) is 35.0 Å². The first-order valence-corrected chi connectivity index (χ1v) is 5.21. The largest absolute Gasteiger partial charge is 0.450 e. The van der Waals surface area contributed by atoms with Crippen molar-refractivity contribution < 1.29 is 14.5 Å². The van der Waals surface area contributed by atoms with Crippen LogP contribution in [-0.4, -0.2) is 17.6 Å². The van der Waals surface area contributed by atoms with Crippen LogP contribution in [0.3, 0.4) is 0 Å². The Bertz CT molecular complexity index is 422. The molecule has 7 heteroatoms. The van der Waals surface area contributed by atoms with Crippen LogP contribution in [0.25, 0.3) is 0 Å². The fourth-order valence-electron chi connectivity index (χ4n) is 1.02. The second kappa shape index (κ2) is 5.45. The Labute approximate surface area is 99.9 Å². The molecule has 1 aromatic rings. The maximum atomic E-state index is 11.1. The molecule has 1 rings (SSSR count). The highest BCUT2D eigenvalue weighted by atomic mass is 79.9. The minimum absolute atomic E-state index is 0.116. The molecular weight excluding hydrogens is 280 g/mol. The molecule has 0 aliphatic rings. The molecule has 1 aromatic carbocycles.